The van der Waals surface area contributed by atoms with Crippen molar-refractivity contribution in [1.29, 1.82) is 0 Å². The minimum Gasteiger partial charge on any atom is -0.329 e. The molecule has 0 amide bonds. The molecular weight excluding hydrogens is 287 g/mol. The first-order valence-electron chi connectivity index (χ1n) is 6.35. The number of benzene rings is 1. The summed E-state index contributed by atoms with van der Waals surface area (Å²) in [5.74, 6) is -1.44. The molecule has 0 aliphatic rings. The molecule has 1 N–H and O–H groups in total. The lowest BCUT2D eigenvalue weighted by Gasteiger charge is -2.05. The first-order chi connectivity index (χ1) is 10.0. The topological polar surface area (TPSA) is 60.2 Å². The van der Waals surface area contributed by atoms with Crippen LogP contribution in [0.5, 0.6) is 0 Å². The number of nitrogens with one attached hydrogen (secondary N) is 1. The molecule has 1 heterocycles. The summed E-state index contributed by atoms with van der Waals surface area (Å²) in [5.41, 5.74) is 4.16. The summed E-state index contributed by atoms with van der Waals surface area (Å²) >= 11 is 0. The van der Waals surface area contributed by atoms with Gasteiger partial charge in [-0.05, 0) is 12.0 Å². The van der Waals surface area contributed by atoms with Gasteiger partial charge in [-0.25, -0.2) is 0 Å². The minimum atomic E-state index is -4.63. The normalized spacial score (nSPS) is 11.8. The van der Waals surface area contributed by atoms with Crippen LogP contribution in [0.15, 0.2) is 28.8 Å². The second-order valence-corrected chi connectivity index (χ2v) is 4.29. The lowest BCUT2D eigenvalue weighted by molar-refractivity contribution is -0.159. The molecule has 0 unspecified atom stereocenters. The fourth-order valence-corrected chi connectivity index (χ4v) is 1.54. The average molecular weight is 301 g/mol. The molecule has 2 rings (SSSR count). The number of nitrogens with zero attached hydrogens (tertiary/aromatic N) is 2. The SMILES string of the molecule is CCCONCc1ccc(-c2noc(C(F)(F)F)n2)cc1. The van der Waals surface area contributed by atoms with E-state index >= 15 is 0 Å². The zero-order chi connectivity index (χ0) is 15.3. The van der Waals surface area contributed by atoms with Crippen LogP contribution < -0.4 is 5.48 Å². The number of alkyl halides is 3. The molecule has 1 aromatic carbocycles. The van der Waals surface area contributed by atoms with Crippen molar-refractivity contribution in [2.24, 2.45) is 0 Å². The lowest BCUT2D eigenvalue weighted by Crippen LogP contribution is -2.14. The monoisotopic (exact) mass is 301 g/mol. The van der Waals surface area contributed by atoms with Crippen LogP contribution in [-0.2, 0) is 17.6 Å². The van der Waals surface area contributed by atoms with Crippen LogP contribution in [0.3, 0.4) is 0 Å². The molecule has 0 aliphatic carbocycles. The Balaban J connectivity index is 2.00. The Bertz CT molecular complexity index is 567. The first kappa shape index (κ1) is 15.5. The van der Waals surface area contributed by atoms with Gasteiger partial charge in [-0.15, -0.1) is 0 Å². The van der Waals surface area contributed by atoms with Gasteiger partial charge >= 0.3 is 12.1 Å². The maximum atomic E-state index is 12.4. The number of hydrogen-bond acceptors (Lipinski definition) is 5. The van der Waals surface area contributed by atoms with E-state index in [2.05, 4.69) is 20.1 Å². The Morgan fingerprint density at radius 3 is 2.52 bits per heavy atom. The van der Waals surface area contributed by atoms with E-state index in [4.69, 9.17) is 4.84 Å². The highest BCUT2D eigenvalue weighted by molar-refractivity contribution is 5.54. The molecule has 0 aliphatic heterocycles. The fraction of sp³-hybridized carbons (Fsp3) is 0.385. The number of rotatable bonds is 6. The van der Waals surface area contributed by atoms with Crippen molar-refractivity contribution in [2.75, 3.05) is 6.61 Å². The zero-order valence-electron chi connectivity index (χ0n) is 11.3. The Kier molecular flexibility index (Phi) is 4.92. The van der Waals surface area contributed by atoms with Gasteiger partial charge in [0.1, 0.15) is 0 Å². The molecule has 0 saturated heterocycles. The molecule has 0 atom stereocenters. The molecule has 21 heavy (non-hydrogen) atoms. The van der Waals surface area contributed by atoms with E-state index in [-0.39, 0.29) is 5.82 Å². The van der Waals surface area contributed by atoms with Crippen LogP contribution in [0, 0.1) is 0 Å². The van der Waals surface area contributed by atoms with E-state index in [9.17, 15) is 13.2 Å². The van der Waals surface area contributed by atoms with Gasteiger partial charge in [-0.2, -0.15) is 23.6 Å². The van der Waals surface area contributed by atoms with Crippen molar-refractivity contribution in [3.63, 3.8) is 0 Å². The van der Waals surface area contributed by atoms with Crippen LogP contribution in [0.1, 0.15) is 24.8 Å². The smallest absolute Gasteiger partial charge is 0.329 e. The van der Waals surface area contributed by atoms with Crippen molar-refractivity contribution in [2.45, 2.75) is 26.1 Å². The van der Waals surface area contributed by atoms with Crippen molar-refractivity contribution >= 4 is 0 Å². The maximum Gasteiger partial charge on any atom is 0.471 e. The summed E-state index contributed by atoms with van der Waals surface area (Å²) < 4.78 is 41.3. The largest absolute Gasteiger partial charge is 0.471 e. The molecule has 114 valence electrons. The molecule has 5 nitrogen and oxygen atoms in total. The molecule has 0 radical (unpaired) electrons. The highest BCUT2D eigenvalue weighted by atomic mass is 19.4. The average Bonchev–Trinajstić information content (AvgIpc) is 2.94. The molecule has 1 aromatic heterocycles. The molecule has 0 fully saturated rings. The van der Waals surface area contributed by atoms with Crippen LogP contribution >= 0.6 is 0 Å². The quantitative estimate of drug-likeness (QED) is 0.656. The highest BCUT2D eigenvalue weighted by Gasteiger charge is 2.38. The minimum absolute atomic E-state index is 0.0935. The predicted molar refractivity (Wildman–Crippen MR) is 67.8 cm³/mol. The van der Waals surface area contributed by atoms with Gasteiger partial charge < -0.3 is 9.36 Å². The van der Waals surface area contributed by atoms with E-state index in [1.54, 1.807) is 24.3 Å². The Labute approximate surface area is 119 Å². The Morgan fingerprint density at radius 1 is 1.24 bits per heavy atom. The van der Waals surface area contributed by atoms with E-state index in [1.165, 1.54) is 0 Å². The second kappa shape index (κ2) is 6.68. The Morgan fingerprint density at radius 2 is 1.95 bits per heavy atom. The van der Waals surface area contributed by atoms with Gasteiger partial charge in [-0.1, -0.05) is 36.3 Å². The number of hydrogen-bond donors (Lipinski definition) is 1. The number of halogens is 3. The fourth-order valence-electron chi connectivity index (χ4n) is 1.54. The maximum absolute atomic E-state index is 12.4. The third kappa shape index (κ3) is 4.27. The van der Waals surface area contributed by atoms with Crippen molar-refractivity contribution in [3.8, 4) is 11.4 Å². The van der Waals surface area contributed by atoms with Gasteiger partial charge in [0.15, 0.2) is 0 Å². The van der Waals surface area contributed by atoms with Gasteiger partial charge in [0.2, 0.25) is 5.82 Å². The van der Waals surface area contributed by atoms with Crippen LogP contribution in [0.25, 0.3) is 11.4 Å². The summed E-state index contributed by atoms with van der Waals surface area (Å²) in [6.45, 7) is 3.11. The summed E-state index contributed by atoms with van der Waals surface area (Å²) in [7, 11) is 0. The van der Waals surface area contributed by atoms with Crippen molar-refractivity contribution in [1.82, 2.24) is 15.6 Å². The first-order valence-corrected chi connectivity index (χ1v) is 6.35. The molecule has 8 heteroatoms. The predicted octanol–water partition coefficient (Wildman–Crippen LogP) is 3.19. The summed E-state index contributed by atoms with van der Waals surface area (Å²) in [6.07, 6.45) is -3.73. The van der Waals surface area contributed by atoms with Crippen molar-refractivity contribution in [3.05, 3.63) is 35.7 Å². The van der Waals surface area contributed by atoms with Gasteiger partial charge in [-0.3, -0.25) is 0 Å². The summed E-state index contributed by atoms with van der Waals surface area (Å²) in [6, 6.07) is 6.76. The molecular formula is C13H14F3N3O2. The molecule has 0 spiro atoms. The van der Waals surface area contributed by atoms with Gasteiger partial charge in [0.05, 0.1) is 6.61 Å². The van der Waals surface area contributed by atoms with Crippen LogP contribution in [-0.4, -0.2) is 16.7 Å². The van der Waals surface area contributed by atoms with Crippen LogP contribution in [0.4, 0.5) is 13.2 Å². The summed E-state index contributed by atoms with van der Waals surface area (Å²) in [5, 5.41) is 3.32. The number of hydroxylamine groups is 1. The third-order valence-corrected chi connectivity index (χ3v) is 2.57. The van der Waals surface area contributed by atoms with Crippen molar-refractivity contribution < 1.29 is 22.5 Å². The molecule has 0 saturated carbocycles. The second-order valence-electron chi connectivity index (χ2n) is 4.29. The van der Waals surface area contributed by atoms with E-state index < -0.39 is 12.1 Å². The van der Waals surface area contributed by atoms with E-state index in [0.717, 1.165) is 12.0 Å². The van der Waals surface area contributed by atoms with E-state index in [1.807, 2.05) is 6.92 Å². The number of aromatic nitrogens is 2. The van der Waals surface area contributed by atoms with Crippen LogP contribution in [0.2, 0.25) is 0 Å². The molecule has 2 aromatic rings. The van der Waals surface area contributed by atoms with Gasteiger partial charge in [0, 0.05) is 12.1 Å². The highest BCUT2D eigenvalue weighted by Crippen LogP contribution is 2.29. The third-order valence-electron chi connectivity index (χ3n) is 2.57. The standard InChI is InChI=1S/C13H14F3N3O2/c1-2-7-20-17-8-9-3-5-10(6-4-9)11-18-12(21-19-11)13(14,15)16/h3-6,17H,2,7-8H2,1H3. The summed E-state index contributed by atoms with van der Waals surface area (Å²) in [4.78, 5) is 8.45. The Hall–Kier alpha value is -1.93. The lowest BCUT2D eigenvalue weighted by atomic mass is 10.1. The van der Waals surface area contributed by atoms with E-state index in [0.29, 0.717) is 18.7 Å². The molecule has 0 bridgehead atoms. The van der Waals surface area contributed by atoms with Gasteiger partial charge in [0.25, 0.3) is 0 Å². The zero-order valence-corrected chi connectivity index (χ0v) is 11.3.